The minimum atomic E-state index is -0.640. The number of hydrogen-bond acceptors (Lipinski definition) is 5. The number of para-hydroxylation sites is 1. The second-order valence-electron chi connectivity index (χ2n) is 5.32. The molecule has 0 bridgehead atoms. The van der Waals surface area contributed by atoms with Crippen LogP contribution in [0.15, 0.2) is 41.4 Å². The number of benzene rings is 2. The average Bonchev–Trinajstić information content (AvgIpc) is 2.92. The second-order valence-corrected chi connectivity index (χ2v) is 6.73. The molecule has 0 radical (unpaired) electrons. The van der Waals surface area contributed by atoms with Crippen molar-refractivity contribution in [3.63, 3.8) is 0 Å². The maximum Gasteiger partial charge on any atom is 0.281 e. The predicted molar refractivity (Wildman–Crippen MR) is 100.0 cm³/mol. The SMILES string of the molecule is CCOc1cccc2sc(=NC(=O)c3cc([N+](=O)[O-])ccc3Cl)n(C)c12. The lowest BCUT2D eigenvalue weighted by Gasteiger charge is -2.05. The van der Waals surface area contributed by atoms with Gasteiger partial charge < -0.3 is 9.30 Å². The van der Waals surface area contributed by atoms with E-state index >= 15 is 0 Å². The Morgan fingerprint density at radius 3 is 2.85 bits per heavy atom. The minimum Gasteiger partial charge on any atom is -0.492 e. The smallest absolute Gasteiger partial charge is 0.281 e. The first kappa shape index (κ1) is 18.1. The highest BCUT2D eigenvalue weighted by molar-refractivity contribution is 7.16. The van der Waals surface area contributed by atoms with Crippen LogP contribution in [0.5, 0.6) is 5.75 Å². The van der Waals surface area contributed by atoms with Crippen LogP contribution in [0.4, 0.5) is 5.69 Å². The summed E-state index contributed by atoms with van der Waals surface area (Å²) in [6.07, 6.45) is 0. The van der Waals surface area contributed by atoms with Crippen molar-refractivity contribution < 1.29 is 14.5 Å². The second kappa shape index (κ2) is 7.27. The molecule has 3 rings (SSSR count). The molecule has 7 nitrogen and oxygen atoms in total. The third kappa shape index (κ3) is 3.33. The quantitative estimate of drug-likeness (QED) is 0.497. The number of rotatable bonds is 4. The number of nitrogens with zero attached hydrogens (tertiary/aromatic N) is 3. The summed E-state index contributed by atoms with van der Waals surface area (Å²) >= 11 is 7.34. The van der Waals surface area contributed by atoms with E-state index < -0.39 is 10.8 Å². The van der Waals surface area contributed by atoms with Crippen LogP contribution in [-0.4, -0.2) is 22.0 Å². The number of aromatic nitrogens is 1. The summed E-state index contributed by atoms with van der Waals surface area (Å²) < 4.78 is 8.30. The lowest BCUT2D eigenvalue weighted by atomic mass is 10.2. The maximum absolute atomic E-state index is 12.5. The Balaban J connectivity index is 2.12. The standard InChI is InChI=1S/C17H14ClN3O4S/c1-3-25-13-5-4-6-14-15(13)20(2)17(26-14)19-16(22)11-9-10(21(23)24)7-8-12(11)18/h4-9H,3H2,1-2H3. The number of carbonyl (C=O) groups excluding carboxylic acids is 1. The average molecular weight is 392 g/mol. The first-order valence-corrected chi connectivity index (χ1v) is 8.86. The molecule has 26 heavy (non-hydrogen) atoms. The van der Waals surface area contributed by atoms with Gasteiger partial charge in [0.25, 0.3) is 11.6 Å². The molecule has 0 aliphatic rings. The largest absolute Gasteiger partial charge is 0.492 e. The van der Waals surface area contributed by atoms with Crippen LogP contribution in [0.3, 0.4) is 0 Å². The number of halogens is 1. The van der Waals surface area contributed by atoms with Gasteiger partial charge in [-0.2, -0.15) is 4.99 Å². The Morgan fingerprint density at radius 2 is 2.15 bits per heavy atom. The summed E-state index contributed by atoms with van der Waals surface area (Å²) in [5, 5.41) is 11.0. The molecular weight excluding hydrogens is 378 g/mol. The Kier molecular flexibility index (Phi) is 5.06. The molecule has 0 unspecified atom stereocenters. The van der Waals surface area contributed by atoms with E-state index in [0.717, 1.165) is 16.3 Å². The molecule has 0 aliphatic carbocycles. The van der Waals surface area contributed by atoms with E-state index in [1.807, 2.05) is 25.1 Å². The molecule has 0 N–H and O–H groups in total. The first-order valence-electron chi connectivity index (χ1n) is 7.66. The molecule has 9 heteroatoms. The molecule has 1 aromatic heterocycles. The minimum absolute atomic E-state index is 0.0108. The molecule has 1 amide bonds. The molecule has 0 spiro atoms. The number of thiazole rings is 1. The molecule has 134 valence electrons. The summed E-state index contributed by atoms with van der Waals surface area (Å²) in [5.41, 5.74) is 0.603. The van der Waals surface area contributed by atoms with Crippen molar-refractivity contribution in [2.24, 2.45) is 12.0 Å². The van der Waals surface area contributed by atoms with Crippen molar-refractivity contribution in [1.29, 1.82) is 0 Å². The van der Waals surface area contributed by atoms with Crippen LogP contribution in [-0.2, 0) is 7.05 Å². The van der Waals surface area contributed by atoms with Crippen molar-refractivity contribution >= 4 is 44.7 Å². The molecule has 0 atom stereocenters. The van der Waals surface area contributed by atoms with Crippen LogP contribution in [0.25, 0.3) is 10.2 Å². The Morgan fingerprint density at radius 1 is 1.38 bits per heavy atom. The van der Waals surface area contributed by atoms with E-state index in [1.54, 1.807) is 11.6 Å². The Hall–Kier alpha value is -2.71. The van der Waals surface area contributed by atoms with Gasteiger partial charge in [-0.1, -0.05) is 29.0 Å². The van der Waals surface area contributed by atoms with Gasteiger partial charge in [-0.25, -0.2) is 0 Å². The normalized spacial score (nSPS) is 11.7. The highest BCUT2D eigenvalue weighted by Crippen LogP contribution is 2.27. The van der Waals surface area contributed by atoms with Crippen LogP contribution >= 0.6 is 22.9 Å². The summed E-state index contributed by atoms with van der Waals surface area (Å²) in [5.74, 6) is 0.0600. The van der Waals surface area contributed by atoms with Crippen molar-refractivity contribution in [1.82, 2.24) is 4.57 Å². The lowest BCUT2D eigenvalue weighted by molar-refractivity contribution is -0.384. The van der Waals surface area contributed by atoms with Crippen molar-refractivity contribution in [3.05, 3.63) is 61.9 Å². The maximum atomic E-state index is 12.5. The van der Waals surface area contributed by atoms with Gasteiger partial charge in [0, 0.05) is 19.2 Å². The summed E-state index contributed by atoms with van der Waals surface area (Å²) in [4.78, 5) is 27.4. The number of ether oxygens (including phenoxy) is 1. The highest BCUT2D eigenvalue weighted by atomic mass is 35.5. The van der Waals surface area contributed by atoms with E-state index in [9.17, 15) is 14.9 Å². The van der Waals surface area contributed by atoms with Crippen molar-refractivity contribution in [2.75, 3.05) is 6.61 Å². The van der Waals surface area contributed by atoms with Gasteiger partial charge in [0.15, 0.2) is 4.80 Å². The Bertz CT molecular complexity index is 1090. The molecule has 0 aliphatic heterocycles. The number of hydrogen-bond donors (Lipinski definition) is 0. The van der Waals surface area contributed by atoms with E-state index in [1.165, 1.54) is 23.5 Å². The van der Waals surface area contributed by atoms with Crippen molar-refractivity contribution in [2.45, 2.75) is 6.92 Å². The molecule has 0 fully saturated rings. The molecule has 1 heterocycles. The number of carbonyl (C=O) groups is 1. The lowest BCUT2D eigenvalue weighted by Crippen LogP contribution is -2.14. The topological polar surface area (TPSA) is 86.7 Å². The van der Waals surface area contributed by atoms with Gasteiger partial charge in [0.05, 0.1) is 26.8 Å². The van der Waals surface area contributed by atoms with Gasteiger partial charge in [-0.3, -0.25) is 14.9 Å². The number of non-ortho nitro benzene ring substituents is 1. The summed E-state index contributed by atoms with van der Waals surface area (Å²) in [7, 11) is 1.78. The van der Waals surface area contributed by atoms with Crippen LogP contribution < -0.4 is 9.54 Å². The third-order valence-electron chi connectivity index (χ3n) is 3.67. The van der Waals surface area contributed by atoms with Gasteiger partial charge in [-0.05, 0) is 25.1 Å². The predicted octanol–water partition coefficient (Wildman–Crippen LogP) is 3.94. The van der Waals surface area contributed by atoms with Crippen LogP contribution in [0, 0.1) is 10.1 Å². The molecule has 3 aromatic rings. The molecular formula is C17H14ClN3O4S. The first-order chi connectivity index (χ1) is 12.4. The fraction of sp³-hybridized carbons (Fsp3) is 0.176. The monoisotopic (exact) mass is 391 g/mol. The van der Waals surface area contributed by atoms with Gasteiger partial charge >= 0.3 is 0 Å². The molecule has 0 saturated heterocycles. The fourth-order valence-electron chi connectivity index (χ4n) is 2.49. The zero-order valence-corrected chi connectivity index (χ0v) is 15.5. The molecule has 0 saturated carbocycles. The van der Waals surface area contributed by atoms with Gasteiger partial charge in [-0.15, -0.1) is 0 Å². The highest BCUT2D eigenvalue weighted by Gasteiger charge is 2.16. The van der Waals surface area contributed by atoms with E-state index in [2.05, 4.69) is 4.99 Å². The van der Waals surface area contributed by atoms with E-state index in [-0.39, 0.29) is 16.3 Å². The van der Waals surface area contributed by atoms with Gasteiger partial charge in [0.2, 0.25) is 0 Å². The van der Waals surface area contributed by atoms with E-state index in [4.69, 9.17) is 16.3 Å². The van der Waals surface area contributed by atoms with Crippen LogP contribution in [0.2, 0.25) is 5.02 Å². The number of fused-ring (bicyclic) bond motifs is 1. The zero-order valence-electron chi connectivity index (χ0n) is 13.9. The number of aryl methyl sites for hydroxylation is 1. The number of nitro benzene ring substituents is 1. The summed E-state index contributed by atoms with van der Waals surface area (Å²) in [6.45, 7) is 2.41. The molecule has 2 aromatic carbocycles. The zero-order chi connectivity index (χ0) is 18.8. The third-order valence-corrected chi connectivity index (χ3v) is 5.10. The van der Waals surface area contributed by atoms with Gasteiger partial charge in [0.1, 0.15) is 11.3 Å². The number of amides is 1. The number of nitro groups is 1. The summed E-state index contributed by atoms with van der Waals surface area (Å²) in [6, 6.07) is 9.32. The van der Waals surface area contributed by atoms with E-state index in [0.29, 0.717) is 17.2 Å². The van der Waals surface area contributed by atoms with Crippen LogP contribution in [0.1, 0.15) is 17.3 Å². The van der Waals surface area contributed by atoms with Crippen molar-refractivity contribution in [3.8, 4) is 5.75 Å². The Labute approximate surface area is 157 Å². The fourth-order valence-corrected chi connectivity index (χ4v) is 3.72.